The van der Waals surface area contributed by atoms with E-state index < -0.39 is 18.1 Å². The van der Waals surface area contributed by atoms with E-state index in [0.717, 1.165) is 4.47 Å². The molecule has 2 aromatic rings. The Morgan fingerprint density at radius 3 is 2.71 bits per heavy atom. The second-order valence-corrected chi connectivity index (χ2v) is 6.42. The minimum atomic E-state index is -1.28. The van der Waals surface area contributed by atoms with Crippen LogP contribution in [0.3, 0.4) is 0 Å². The van der Waals surface area contributed by atoms with Gasteiger partial charge in [-0.25, -0.2) is 4.99 Å². The van der Waals surface area contributed by atoms with Crippen LogP contribution in [0.5, 0.6) is 0 Å². The molecule has 1 aliphatic heterocycles. The van der Waals surface area contributed by atoms with Crippen LogP contribution in [0.1, 0.15) is 18.1 Å². The molecule has 0 unspecified atom stereocenters. The number of fused-ring (bicyclic) bond motifs is 1. The molecular weight excluding hydrogens is 396 g/mol. The van der Waals surface area contributed by atoms with Gasteiger partial charge in [0.15, 0.2) is 0 Å². The van der Waals surface area contributed by atoms with Gasteiger partial charge in [0.25, 0.3) is 12.1 Å². The number of halogens is 2. The van der Waals surface area contributed by atoms with Gasteiger partial charge in [0.05, 0.1) is 11.4 Å². The zero-order chi connectivity index (χ0) is 17.3. The van der Waals surface area contributed by atoms with E-state index in [1.165, 1.54) is 6.92 Å². The number of anilines is 1. The second-order valence-electron chi connectivity index (χ2n) is 5.10. The molecule has 2 aromatic carbocycles. The van der Waals surface area contributed by atoms with Crippen LogP contribution in [-0.2, 0) is 14.3 Å². The lowest BCUT2D eigenvalue weighted by Gasteiger charge is -2.12. The summed E-state index contributed by atoms with van der Waals surface area (Å²) in [6.07, 6.45) is -1.28. The topological polar surface area (TPSA) is 67.8 Å². The number of hydrogen-bond donors (Lipinski definition) is 1. The van der Waals surface area contributed by atoms with Gasteiger partial charge in [0, 0.05) is 27.5 Å². The van der Waals surface area contributed by atoms with Crippen molar-refractivity contribution in [1.29, 1.82) is 0 Å². The average Bonchev–Trinajstić information content (AvgIpc) is 2.65. The summed E-state index contributed by atoms with van der Waals surface area (Å²) in [7, 11) is 0. The lowest BCUT2D eigenvalue weighted by Crippen LogP contribution is -2.29. The number of esters is 1. The number of benzene rings is 2. The molecule has 24 heavy (non-hydrogen) atoms. The van der Waals surface area contributed by atoms with Gasteiger partial charge in [-0.2, -0.15) is 0 Å². The Morgan fingerprint density at radius 2 is 2.00 bits per heavy atom. The van der Waals surface area contributed by atoms with Crippen molar-refractivity contribution < 1.29 is 14.3 Å². The summed E-state index contributed by atoms with van der Waals surface area (Å²) in [5, 5.41) is 3.21. The normalized spacial score (nSPS) is 16.5. The number of aliphatic imine (C=N–C) groups is 1. The number of hydrogen-bond acceptors (Lipinski definition) is 4. The second kappa shape index (κ2) is 6.75. The Bertz CT molecular complexity index is 867. The van der Waals surface area contributed by atoms with E-state index in [2.05, 4.69) is 26.2 Å². The average molecular weight is 408 g/mol. The number of nitrogens with zero attached hydrogens (tertiary/aromatic N) is 1. The van der Waals surface area contributed by atoms with Gasteiger partial charge < -0.3 is 10.1 Å². The zero-order valence-electron chi connectivity index (χ0n) is 12.5. The van der Waals surface area contributed by atoms with Crippen molar-refractivity contribution in [2.45, 2.75) is 13.2 Å². The van der Waals surface area contributed by atoms with Crippen LogP contribution in [0, 0.1) is 0 Å². The molecule has 0 fully saturated rings. The highest BCUT2D eigenvalue weighted by Gasteiger charge is 2.28. The third-order valence-electron chi connectivity index (χ3n) is 3.37. The number of ether oxygens (including phenoxy) is 1. The molecule has 7 heteroatoms. The lowest BCUT2D eigenvalue weighted by molar-refractivity contribution is -0.151. The molecule has 1 atom stereocenters. The summed E-state index contributed by atoms with van der Waals surface area (Å²) >= 11 is 9.72. The van der Waals surface area contributed by atoms with Crippen LogP contribution in [0.2, 0.25) is 5.02 Å². The molecule has 5 nitrogen and oxygen atoms in total. The summed E-state index contributed by atoms with van der Waals surface area (Å²) < 4.78 is 5.86. The van der Waals surface area contributed by atoms with E-state index in [1.54, 1.807) is 30.3 Å². The maximum absolute atomic E-state index is 12.3. The van der Waals surface area contributed by atoms with Gasteiger partial charge in [-0.1, -0.05) is 45.7 Å². The predicted octanol–water partition coefficient (Wildman–Crippen LogP) is 3.78. The van der Waals surface area contributed by atoms with Crippen LogP contribution in [0.4, 0.5) is 5.69 Å². The van der Waals surface area contributed by atoms with Crippen LogP contribution in [-0.4, -0.2) is 23.8 Å². The molecule has 0 aliphatic carbocycles. The van der Waals surface area contributed by atoms with E-state index in [0.29, 0.717) is 27.5 Å². The van der Waals surface area contributed by atoms with E-state index in [9.17, 15) is 9.59 Å². The van der Waals surface area contributed by atoms with Gasteiger partial charge in [0.2, 0.25) is 0 Å². The van der Waals surface area contributed by atoms with Crippen molar-refractivity contribution in [1.82, 2.24) is 0 Å². The first kappa shape index (κ1) is 16.7. The molecule has 1 amide bonds. The SMILES string of the molecule is CC(=O)O[C@@H]1N=C(c2ccccc2Cl)c2cc(Br)ccc2NC1=O. The zero-order valence-corrected chi connectivity index (χ0v) is 14.9. The molecule has 1 N–H and O–H groups in total. The monoisotopic (exact) mass is 406 g/mol. The van der Waals surface area contributed by atoms with Crippen molar-refractivity contribution in [3.8, 4) is 0 Å². The summed E-state index contributed by atoms with van der Waals surface area (Å²) in [6, 6.07) is 12.5. The van der Waals surface area contributed by atoms with Gasteiger partial charge in [-0.05, 0) is 24.3 Å². The standard InChI is InChI=1S/C17H12BrClN2O3/c1-9(22)24-17-16(23)20-14-7-6-10(18)8-12(14)15(21-17)11-4-2-3-5-13(11)19/h2-8,17H,1H3,(H,20,23)/t17-/m0/s1. The van der Waals surface area contributed by atoms with Crippen LogP contribution in [0.15, 0.2) is 51.9 Å². The highest BCUT2D eigenvalue weighted by molar-refractivity contribution is 9.10. The van der Waals surface area contributed by atoms with E-state index in [1.807, 2.05) is 12.1 Å². The molecule has 122 valence electrons. The van der Waals surface area contributed by atoms with E-state index >= 15 is 0 Å². The third kappa shape index (κ3) is 3.34. The fraction of sp³-hybridized carbons (Fsp3) is 0.118. The first-order valence-electron chi connectivity index (χ1n) is 7.06. The lowest BCUT2D eigenvalue weighted by atomic mass is 10.0. The number of carbonyl (C=O) groups excluding carboxylic acids is 2. The van der Waals surface area contributed by atoms with Crippen LogP contribution < -0.4 is 5.32 Å². The van der Waals surface area contributed by atoms with Gasteiger partial charge in [-0.3, -0.25) is 9.59 Å². The molecule has 1 aliphatic rings. The van der Waals surface area contributed by atoms with Crippen molar-refractivity contribution in [2.75, 3.05) is 5.32 Å². The summed E-state index contributed by atoms with van der Waals surface area (Å²) in [5.41, 5.74) is 2.37. The number of amides is 1. The third-order valence-corrected chi connectivity index (χ3v) is 4.19. The van der Waals surface area contributed by atoms with Crippen molar-refractivity contribution >= 4 is 50.8 Å². The maximum atomic E-state index is 12.3. The Morgan fingerprint density at radius 1 is 1.25 bits per heavy atom. The number of nitrogens with one attached hydrogen (secondary N) is 1. The predicted molar refractivity (Wildman–Crippen MR) is 95.4 cm³/mol. The van der Waals surface area contributed by atoms with Crippen molar-refractivity contribution in [3.05, 3.63) is 63.1 Å². The Kier molecular flexibility index (Phi) is 4.69. The van der Waals surface area contributed by atoms with Gasteiger partial charge in [-0.15, -0.1) is 0 Å². The molecule has 0 aromatic heterocycles. The first-order chi connectivity index (χ1) is 11.5. The van der Waals surface area contributed by atoms with Gasteiger partial charge in [0.1, 0.15) is 0 Å². The molecule has 0 spiro atoms. The fourth-order valence-electron chi connectivity index (χ4n) is 2.37. The molecule has 1 heterocycles. The van der Waals surface area contributed by atoms with Crippen LogP contribution >= 0.6 is 27.5 Å². The quantitative estimate of drug-likeness (QED) is 0.770. The summed E-state index contributed by atoms with van der Waals surface area (Å²) in [4.78, 5) is 28.0. The van der Waals surface area contributed by atoms with E-state index in [4.69, 9.17) is 16.3 Å². The largest absolute Gasteiger partial charge is 0.430 e. The van der Waals surface area contributed by atoms with E-state index in [-0.39, 0.29) is 0 Å². The minimum absolute atomic E-state index is 0.474. The first-order valence-corrected chi connectivity index (χ1v) is 8.23. The molecule has 3 rings (SSSR count). The highest BCUT2D eigenvalue weighted by Crippen LogP contribution is 2.30. The number of carbonyl (C=O) groups is 2. The van der Waals surface area contributed by atoms with Gasteiger partial charge >= 0.3 is 5.97 Å². The summed E-state index contributed by atoms with van der Waals surface area (Å²) in [6.45, 7) is 1.23. The Balaban J connectivity index is 2.23. The fourth-order valence-corrected chi connectivity index (χ4v) is 2.95. The van der Waals surface area contributed by atoms with Crippen LogP contribution in [0.25, 0.3) is 0 Å². The van der Waals surface area contributed by atoms with Crippen molar-refractivity contribution in [3.63, 3.8) is 0 Å². The van der Waals surface area contributed by atoms with Crippen molar-refractivity contribution in [2.24, 2.45) is 4.99 Å². The molecular formula is C17H12BrClN2O3. The molecule has 0 radical (unpaired) electrons. The highest BCUT2D eigenvalue weighted by atomic mass is 79.9. The molecule has 0 saturated carbocycles. The molecule has 0 saturated heterocycles. The number of benzodiazepines with no additional fused rings is 1. The minimum Gasteiger partial charge on any atom is -0.430 e. The Hall–Kier alpha value is -2.18. The maximum Gasteiger partial charge on any atom is 0.305 e. The molecule has 0 bridgehead atoms. The Labute approximate surface area is 151 Å². The summed E-state index contributed by atoms with van der Waals surface area (Å²) in [5.74, 6) is -1.11. The number of rotatable bonds is 2. The smallest absolute Gasteiger partial charge is 0.305 e.